The van der Waals surface area contributed by atoms with Crippen molar-refractivity contribution in [3.05, 3.63) is 24.3 Å². The molecule has 0 saturated carbocycles. The fourth-order valence-corrected chi connectivity index (χ4v) is 6.97. The maximum atomic E-state index is 14.2. The molecule has 2 unspecified atom stereocenters. The van der Waals surface area contributed by atoms with Gasteiger partial charge in [0.1, 0.15) is 23.8 Å². The first-order chi connectivity index (χ1) is 18.2. The monoisotopic (exact) mass is 526 g/mol. The van der Waals surface area contributed by atoms with Crippen LogP contribution in [0.5, 0.6) is 0 Å². The molecular weight excluding hydrogens is 488 g/mol. The maximum absolute atomic E-state index is 14.2. The fraction of sp³-hybridized carbons (Fsp3) is 0.667. The van der Waals surface area contributed by atoms with E-state index in [-0.39, 0.29) is 36.9 Å². The molecule has 3 aliphatic heterocycles. The van der Waals surface area contributed by atoms with E-state index in [0.29, 0.717) is 31.3 Å². The number of carbonyl (C=O) groups is 3. The summed E-state index contributed by atoms with van der Waals surface area (Å²) in [5, 5.41) is 24.5. The molecular formula is C27H38N6O5. The van der Waals surface area contributed by atoms with Gasteiger partial charge in [-0.05, 0) is 43.7 Å². The first kappa shape index (κ1) is 26.6. The van der Waals surface area contributed by atoms with Gasteiger partial charge in [-0.1, -0.05) is 45.0 Å². The van der Waals surface area contributed by atoms with E-state index in [1.165, 1.54) is 4.90 Å². The van der Waals surface area contributed by atoms with Crippen molar-refractivity contribution in [2.75, 3.05) is 13.2 Å². The van der Waals surface area contributed by atoms with Crippen LogP contribution < -0.4 is 10.6 Å². The Morgan fingerprint density at radius 1 is 1.18 bits per heavy atom. The molecule has 3 saturated heterocycles. The van der Waals surface area contributed by atoms with E-state index in [1.54, 1.807) is 4.68 Å². The van der Waals surface area contributed by atoms with Crippen molar-refractivity contribution in [3.63, 3.8) is 0 Å². The Balaban J connectivity index is 1.52. The molecule has 0 radical (unpaired) electrons. The third-order valence-corrected chi connectivity index (χ3v) is 8.84. The topological polar surface area (TPSA) is 139 Å². The van der Waals surface area contributed by atoms with Crippen LogP contribution >= 0.6 is 0 Å². The molecule has 5 rings (SSSR count). The Kier molecular flexibility index (Phi) is 6.93. The van der Waals surface area contributed by atoms with E-state index in [1.807, 2.05) is 52.0 Å². The van der Waals surface area contributed by atoms with Gasteiger partial charge in [0, 0.05) is 6.54 Å². The molecule has 4 heterocycles. The summed E-state index contributed by atoms with van der Waals surface area (Å²) in [6, 6.07) is 5.88. The fourth-order valence-electron chi connectivity index (χ4n) is 6.97. The first-order valence-electron chi connectivity index (χ1n) is 13.7. The van der Waals surface area contributed by atoms with E-state index in [0.717, 1.165) is 11.9 Å². The SMILES string of the molecule is CCCNC(=O)[C@H]1[C@H]2C(=O)N([C@@H](CO)C(C)C)C(C(=O)NCn3nnc4ccccc43)C23CC[C@]1(CC)O3. The predicted molar refractivity (Wildman–Crippen MR) is 138 cm³/mol. The highest BCUT2D eigenvalue weighted by Gasteiger charge is 2.79. The number of likely N-dealkylation sites (tertiary alicyclic amines) is 1. The van der Waals surface area contributed by atoms with Crippen molar-refractivity contribution >= 4 is 28.8 Å². The van der Waals surface area contributed by atoms with Gasteiger partial charge in [-0.15, -0.1) is 5.10 Å². The van der Waals surface area contributed by atoms with Crippen molar-refractivity contribution in [3.8, 4) is 0 Å². The van der Waals surface area contributed by atoms with Gasteiger partial charge < -0.3 is 25.4 Å². The molecule has 1 aromatic carbocycles. The minimum Gasteiger partial charge on any atom is -0.394 e. The lowest BCUT2D eigenvalue weighted by atomic mass is 9.65. The molecule has 206 valence electrons. The maximum Gasteiger partial charge on any atom is 0.247 e. The number of rotatable bonds is 10. The van der Waals surface area contributed by atoms with Gasteiger partial charge in [-0.25, -0.2) is 4.68 Å². The van der Waals surface area contributed by atoms with E-state index < -0.39 is 35.1 Å². The molecule has 2 bridgehead atoms. The van der Waals surface area contributed by atoms with Gasteiger partial charge in [0.2, 0.25) is 17.7 Å². The van der Waals surface area contributed by atoms with Gasteiger partial charge >= 0.3 is 0 Å². The molecule has 6 atom stereocenters. The molecule has 3 fully saturated rings. The van der Waals surface area contributed by atoms with Crippen LogP contribution in [0, 0.1) is 17.8 Å². The Hall–Kier alpha value is -3.05. The molecule has 1 aromatic heterocycles. The van der Waals surface area contributed by atoms with Crippen LogP contribution in [0.3, 0.4) is 0 Å². The lowest BCUT2D eigenvalue weighted by molar-refractivity contribution is -0.152. The quantitative estimate of drug-likeness (QED) is 0.423. The summed E-state index contributed by atoms with van der Waals surface area (Å²) in [6.45, 7) is 8.04. The summed E-state index contributed by atoms with van der Waals surface area (Å²) in [5.74, 6) is -2.47. The van der Waals surface area contributed by atoms with Crippen LogP contribution in [-0.4, -0.2) is 79.2 Å². The van der Waals surface area contributed by atoms with E-state index in [4.69, 9.17) is 4.74 Å². The van der Waals surface area contributed by atoms with Gasteiger partial charge in [0.15, 0.2) is 0 Å². The number of aromatic nitrogens is 3. The molecule has 11 nitrogen and oxygen atoms in total. The number of nitrogens with zero attached hydrogens (tertiary/aromatic N) is 4. The van der Waals surface area contributed by atoms with Gasteiger partial charge in [0.05, 0.1) is 35.6 Å². The zero-order valence-electron chi connectivity index (χ0n) is 22.5. The number of benzene rings is 1. The van der Waals surface area contributed by atoms with Crippen LogP contribution in [0.25, 0.3) is 11.0 Å². The normalized spacial score (nSPS) is 30.7. The minimum absolute atomic E-state index is 0.0590. The lowest BCUT2D eigenvalue weighted by Crippen LogP contribution is -2.59. The van der Waals surface area contributed by atoms with Crippen LogP contribution in [0.15, 0.2) is 24.3 Å². The van der Waals surface area contributed by atoms with Crippen LogP contribution in [0.1, 0.15) is 53.4 Å². The molecule has 1 spiro atoms. The van der Waals surface area contributed by atoms with Crippen LogP contribution in [0.2, 0.25) is 0 Å². The second-order valence-corrected chi connectivity index (χ2v) is 11.1. The largest absolute Gasteiger partial charge is 0.394 e. The summed E-state index contributed by atoms with van der Waals surface area (Å²) in [4.78, 5) is 43.2. The number of para-hydroxylation sites is 1. The number of aliphatic hydroxyl groups excluding tert-OH is 1. The number of ether oxygens (including phenoxy) is 1. The van der Waals surface area contributed by atoms with E-state index >= 15 is 0 Å². The molecule has 2 aromatic rings. The third kappa shape index (κ3) is 3.81. The zero-order valence-corrected chi connectivity index (χ0v) is 22.5. The number of nitrogens with one attached hydrogen (secondary N) is 2. The number of hydrogen-bond acceptors (Lipinski definition) is 7. The zero-order chi connectivity index (χ0) is 27.2. The summed E-state index contributed by atoms with van der Waals surface area (Å²) in [6.07, 6.45) is 2.42. The molecule has 0 aliphatic carbocycles. The first-order valence-corrected chi connectivity index (χ1v) is 13.7. The van der Waals surface area contributed by atoms with E-state index in [2.05, 4.69) is 20.9 Å². The summed E-state index contributed by atoms with van der Waals surface area (Å²) in [7, 11) is 0. The number of carbonyl (C=O) groups excluding carboxylic acids is 3. The highest BCUT2D eigenvalue weighted by atomic mass is 16.5. The standard InChI is InChI=1S/C27H38N6O5/c1-5-13-28-23(35)20-21-25(37)33(19(14-34)16(3)4)22(27(21)12-11-26(20,6-2)38-27)24(36)29-15-32-18-10-8-7-9-17(18)30-31-32/h7-10,16,19-22,34H,5-6,11-15H2,1-4H3,(H,28,35)(H,29,36)/t19-,20+,21-,22?,26-,27?/m0/s1. The van der Waals surface area contributed by atoms with Crippen LogP contribution in [-0.2, 0) is 25.8 Å². The Morgan fingerprint density at radius 3 is 2.63 bits per heavy atom. The van der Waals surface area contributed by atoms with Crippen molar-refractivity contribution in [1.29, 1.82) is 0 Å². The summed E-state index contributed by atoms with van der Waals surface area (Å²) < 4.78 is 8.34. The molecule has 3 N–H and O–H groups in total. The highest BCUT2D eigenvalue weighted by Crippen LogP contribution is 2.64. The average Bonchev–Trinajstić information content (AvgIpc) is 3.63. The molecule has 38 heavy (non-hydrogen) atoms. The predicted octanol–water partition coefficient (Wildman–Crippen LogP) is 1.20. The molecule has 3 aliphatic rings. The smallest absolute Gasteiger partial charge is 0.247 e. The number of aliphatic hydroxyl groups is 1. The van der Waals surface area contributed by atoms with Crippen molar-refractivity contribution in [2.45, 2.75) is 83.3 Å². The lowest BCUT2D eigenvalue weighted by Gasteiger charge is -2.38. The van der Waals surface area contributed by atoms with Crippen molar-refractivity contribution in [1.82, 2.24) is 30.5 Å². The summed E-state index contributed by atoms with van der Waals surface area (Å²) >= 11 is 0. The van der Waals surface area contributed by atoms with Crippen molar-refractivity contribution < 1.29 is 24.2 Å². The second kappa shape index (κ2) is 9.92. The Bertz CT molecular complexity index is 1230. The van der Waals surface area contributed by atoms with E-state index in [9.17, 15) is 19.5 Å². The third-order valence-electron chi connectivity index (χ3n) is 8.84. The number of hydrogen-bond donors (Lipinski definition) is 3. The van der Waals surface area contributed by atoms with Gasteiger partial charge in [-0.2, -0.15) is 0 Å². The Morgan fingerprint density at radius 2 is 1.95 bits per heavy atom. The number of amides is 3. The molecule has 3 amide bonds. The van der Waals surface area contributed by atoms with Gasteiger partial charge in [0.25, 0.3) is 0 Å². The Labute approximate surface area is 222 Å². The molecule has 11 heteroatoms. The van der Waals surface area contributed by atoms with Crippen LogP contribution in [0.4, 0.5) is 0 Å². The average molecular weight is 527 g/mol. The number of fused-ring (bicyclic) bond motifs is 2. The second-order valence-electron chi connectivity index (χ2n) is 11.1. The summed E-state index contributed by atoms with van der Waals surface area (Å²) in [5.41, 5.74) is -0.452. The highest BCUT2D eigenvalue weighted by molar-refractivity contribution is 5.99. The van der Waals surface area contributed by atoms with Crippen molar-refractivity contribution in [2.24, 2.45) is 17.8 Å². The van der Waals surface area contributed by atoms with Gasteiger partial charge in [-0.3, -0.25) is 14.4 Å². The minimum atomic E-state index is -1.14.